The SMILES string of the molecule is CCCOP(=S)(OCCC)SCC(=O)c1ccccc1. The molecule has 3 nitrogen and oxygen atoms in total. The number of benzene rings is 1. The minimum Gasteiger partial charge on any atom is -0.322 e. The van der Waals surface area contributed by atoms with Crippen molar-refractivity contribution < 1.29 is 13.8 Å². The van der Waals surface area contributed by atoms with Crippen LogP contribution in [0.4, 0.5) is 0 Å². The first kappa shape index (κ1) is 17.9. The molecule has 0 amide bonds. The molecule has 0 saturated heterocycles. The second kappa shape index (κ2) is 9.69. The standard InChI is InChI=1S/C14H21O3PS2/c1-3-10-16-18(19,17-11-4-2)20-12-14(15)13-8-6-5-7-9-13/h5-9H,3-4,10-12H2,1-2H3. The van der Waals surface area contributed by atoms with Gasteiger partial charge >= 0.3 is 0 Å². The molecular weight excluding hydrogens is 311 g/mol. The van der Waals surface area contributed by atoms with Crippen LogP contribution >= 0.6 is 17.1 Å². The van der Waals surface area contributed by atoms with Crippen molar-refractivity contribution in [1.29, 1.82) is 0 Å². The first-order valence-electron chi connectivity index (χ1n) is 6.73. The first-order chi connectivity index (χ1) is 9.61. The zero-order chi connectivity index (χ0) is 14.8. The fraction of sp³-hybridized carbons (Fsp3) is 0.500. The molecular formula is C14H21O3PS2. The van der Waals surface area contributed by atoms with Gasteiger partial charge in [-0.1, -0.05) is 55.6 Å². The maximum absolute atomic E-state index is 12.1. The lowest BCUT2D eigenvalue weighted by Gasteiger charge is -2.20. The van der Waals surface area contributed by atoms with Crippen LogP contribution in [0.5, 0.6) is 0 Å². The molecule has 0 saturated carbocycles. The van der Waals surface area contributed by atoms with Crippen LogP contribution in [-0.2, 0) is 20.9 Å². The van der Waals surface area contributed by atoms with Crippen LogP contribution in [0.1, 0.15) is 37.0 Å². The molecule has 0 heterocycles. The monoisotopic (exact) mass is 332 g/mol. The van der Waals surface area contributed by atoms with E-state index in [0.717, 1.165) is 12.8 Å². The molecule has 20 heavy (non-hydrogen) atoms. The predicted molar refractivity (Wildman–Crippen MR) is 90.0 cm³/mol. The summed E-state index contributed by atoms with van der Waals surface area (Å²) in [6.07, 6.45) is 1.78. The molecule has 1 aromatic carbocycles. The third-order valence-electron chi connectivity index (χ3n) is 2.36. The van der Waals surface area contributed by atoms with Crippen molar-refractivity contribution in [2.75, 3.05) is 19.0 Å². The van der Waals surface area contributed by atoms with E-state index in [1.165, 1.54) is 11.4 Å². The van der Waals surface area contributed by atoms with Crippen LogP contribution in [0.25, 0.3) is 0 Å². The summed E-state index contributed by atoms with van der Waals surface area (Å²) < 4.78 is 11.4. The number of hydrogen-bond donors (Lipinski definition) is 0. The summed E-state index contributed by atoms with van der Waals surface area (Å²) in [5, 5.41) is 0. The Labute approximate surface area is 130 Å². The summed E-state index contributed by atoms with van der Waals surface area (Å²) in [6.45, 7) is 5.21. The molecule has 0 aliphatic heterocycles. The van der Waals surface area contributed by atoms with Crippen molar-refractivity contribution in [3.63, 3.8) is 0 Å². The topological polar surface area (TPSA) is 35.5 Å². The van der Waals surface area contributed by atoms with Crippen molar-refractivity contribution >= 4 is 34.7 Å². The van der Waals surface area contributed by atoms with Gasteiger partial charge in [0.05, 0.1) is 19.0 Å². The van der Waals surface area contributed by atoms with Crippen molar-refractivity contribution in [3.8, 4) is 0 Å². The van der Waals surface area contributed by atoms with Crippen LogP contribution in [0.3, 0.4) is 0 Å². The first-order valence-corrected chi connectivity index (χ1v) is 11.0. The number of Topliss-reactive ketones (excluding diaryl/α,β-unsaturated/α-hetero) is 1. The van der Waals surface area contributed by atoms with Crippen molar-refractivity contribution in [1.82, 2.24) is 0 Å². The Morgan fingerprint density at radius 1 is 1.15 bits per heavy atom. The fourth-order valence-electron chi connectivity index (χ4n) is 1.36. The highest BCUT2D eigenvalue weighted by molar-refractivity contribution is 8.68. The summed E-state index contributed by atoms with van der Waals surface area (Å²) in [7, 11) is 0. The highest BCUT2D eigenvalue weighted by Gasteiger charge is 2.21. The number of ketones is 1. The summed E-state index contributed by atoms with van der Waals surface area (Å²) in [5.41, 5.74) is -1.70. The van der Waals surface area contributed by atoms with Gasteiger partial charge in [-0.3, -0.25) is 4.79 Å². The third-order valence-corrected chi connectivity index (χ3v) is 7.61. The molecule has 0 atom stereocenters. The zero-order valence-corrected chi connectivity index (χ0v) is 14.4. The van der Waals surface area contributed by atoms with Gasteiger partial charge in [0.1, 0.15) is 0 Å². The molecule has 1 aromatic rings. The molecule has 0 bridgehead atoms. The van der Waals surface area contributed by atoms with E-state index in [-0.39, 0.29) is 5.78 Å². The molecule has 0 N–H and O–H groups in total. The number of carbonyl (C=O) groups is 1. The average Bonchev–Trinajstić information content (AvgIpc) is 2.50. The zero-order valence-electron chi connectivity index (χ0n) is 11.9. The number of carbonyl (C=O) groups excluding carboxylic acids is 1. The maximum atomic E-state index is 12.1. The molecule has 0 unspecified atom stereocenters. The number of rotatable bonds is 10. The van der Waals surface area contributed by atoms with E-state index in [0.29, 0.717) is 24.5 Å². The van der Waals surface area contributed by atoms with Crippen LogP contribution in [0.2, 0.25) is 0 Å². The fourth-order valence-corrected chi connectivity index (χ4v) is 5.48. The molecule has 6 heteroatoms. The molecule has 0 fully saturated rings. The minimum atomic E-state index is -2.40. The largest absolute Gasteiger partial charge is 0.322 e. The van der Waals surface area contributed by atoms with Gasteiger partial charge in [0, 0.05) is 5.56 Å². The summed E-state index contributed by atoms with van der Waals surface area (Å²) in [6, 6.07) is 9.23. The van der Waals surface area contributed by atoms with Gasteiger partial charge in [-0.25, -0.2) is 0 Å². The van der Waals surface area contributed by atoms with E-state index >= 15 is 0 Å². The smallest absolute Gasteiger partial charge is 0.247 e. The Morgan fingerprint density at radius 3 is 2.20 bits per heavy atom. The quantitative estimate of drug-likeness (QED) is 0.459. The maximum Gasteiger partial charge on any atom is 0.247 e. The van der Waals surface area contributed by atoms with Crippen LogP contribution < -0.4 is 0 Å². The van der Waals surface area contributed by atoms with Gasteiger partial charge in [0.25, 0.3) is 0 Å². The van der Waals surface area contributed by atoms with Crippen molar-refractivity contribution in [3.05, 3.63) is 35.9 Å². The number of hydrogen-bond acceptors (Lipinski definition) is 5. The lowest BCUT2D eigenvalue weighted by molar-refractivity contribution is 0.102. The second-order valence-corrected chi connectivity index (χ2v) is 10.5. The van der Waals surface area contributed by atoms with Crippen LogP contribution in [0.15, 0.2) is 30.3 Å². The lowest BCUT2D eigenvalue weighted by Crippen LogP contribution is -2.04. The summed E-state index contributed by atoms with van der Waals surface area (Å²) in [4.78, 5) is 12.1. The molecule has 0 aliphatic rings. The molecule has 0 aromatic heterocycles. The lowest BCUT2D eigenvalue weighted by atomic mass is 10.2. The minimum absolute atomic E-state index is 0.0602. The van der Waals surface area contributed by atoms with E-state index < -0.39 is 5.69 Å². The Bertz CT molecular complexity index is 439. The molecule has 1 rings (SSSR count). The van der Waals surface area contributed by atoms with Gasteiger partial charge in [0.2, 0.25) is 5.69 Å². The van der Waals surface area contributed by atoms with Crippen molar-refractivity contribution in [2.45, 2.75) is 26.7 Å². The second-order valence-electron chi connectivity index (χ2n) is 4.18. The Kier molecular flexibility index (Phi) is 8.66. The van der Waals surface area contributed by atoms with E-state index in [4.69, 9.17) is 20.9 Å². The van der Waals surface area contributed by atoms with Gasteiger partial charge in [-0.2, -0.15) is 0 Å². The average molecular weight is 332 g/mol. The Balaban J connectivity index is 2.57. The van der Waals surface area contributed by atoms with E-state index in [9.17, 15) is 4.79 Å². The highest BCUT2D eigenvalue weighted by atomic mass is 32.9. The summed E-state index contributed by atoms with van der Waals surface area (Å²) >= 11 is 6.82. The van der Waals surface area contributed by atoms with E-state index in [1.54, 1.807) is 0 Å². The van der Waals surface area contributed by atoms with Gasteiger partial charge in [-0.15, -0.1) is 0 Å². The Morgan fingerprint density at radius 2 is 1.70 bits per heavy atom. The molecule has 0 spiro atoms. The predicted octanol–water partition coefficient (Wildman–Crippen LogP) is 4.68. The normalized spacial score (nSPS) is 11.5. The van der Waals surface area contributed by atoms with E-state index in [1.807, 2.05) is 44.2 Å². The Hall–Kier alpha value is -0.190. The molecule has 0 radical (unpaired) electrons. The van der Waals surface area contributed by atoms with Crippen LogP contribution in [-0.4, -0.2) is 24.7 Å². The molecule has 0 aliphatic carbocycles. The van der Waals surface area contributed by atoms with Gasteiger partial charge < -0.3 is 9.05 Å². The van der Waals surface area contributed by atoms with Crippen molar-refractivity contribution in [2.24, 2.45) is 0 Å². The highest BCUT2D eigenvalue weighted by Crippen LogP contribution is 2.61. The van der Waals surface area contributed by atoms with Gasteiger partial charge in [-0.05, 0) is 24.6 Å². The van der Waals surface area contributed by atoms with Gasteiger partial charge in [0.15, 0.2) is 5.78 Å². The van der Waals surface area contributed by atoms with E-state index in [2.05, 4.69) is 0 Å². The third kappa shape index (κ3) is 6.51. The summed E-state index contributed by atoms with van der Waals surface area (Å²) in [5.74, 6) is 0.361. The van der Waals surface area contributed by atoms with Crippen LogP contribution in [0, 0.1) is 0 Å². The molecule has 112 valence electrons.